The number of rotatable bonds is 13. The molecule has 0 bridgehead atoms. The van der Waals surface area contributed by atoms with E-state index in [1.165, 1.54) is 0 Å². The number of ether oxygens (including phenoxy) is 1. The molecule has 2 aromatic carbocycles. The van der Waals surface area contributed by atoms with Crippen LogP contribution in [-0.4, -0.2) is 77.1 Å². The number of nitrogens with one attached hydrogen (secondary N) is 4. The van der Waals surface area contributed by atoms with Gasteiger partial charge in [0.1, 0.15) is 11.6 Å². The molecule has 5 atom stereocenters. The Bertz CT molecular complexity index is 1170. The fourth-order valence-electron chi connectivity index (χ4n) is 5.03. The first-order valence-electron chi connectivity index (χ1n) is 14.5. The molecule has 6 N–H and O–H groups in total. The van der Waals surface area contributed by atoms with Gasteiger partial charge in [0.15, 0.2) is 0 Å². The summed E-state index contributed by atoms with van der Waals surface area (Å²) in [7, 11) is 0. The molecule has 1 unspecified atom stereocenters. The molecule has 0 aliphatic carbocycles. The molecule has 1 saturated heterocycles. The Morgan fingerprint density at radius 2 is 1.38 bits per heavy atom. The molecular weight excluding hydrogens is 536 g/mol. The lowest BCUT2D eigenvalue weighted by molar-refractivity contribution is -0.127. The summed E-state index contributed by atoms with van der Waals surface area (Å²) in [4.78, 5) is 37.7. The van der Waals surface area contributed by atoms with Gasteiger partial charge in [0.2, 0.25) is 11.8 Å². The van der Waals surface area contributed by atoms with E-state index >= 15 is 0 Å². The Hall–Kier alpha value is -3.47. The Morgan fingerprint density at radius 1 is 0.905 bits per heavy atom. The van der Waals surface area contributed by atoms with Gasteiger partial charge in [-0.15, -0.1) is 0 Å². The second kappa shape index (κ2) is 14.6. The summed E-state index contributed by atoms with van der Waals surface area (Å²) in [6.45, 7) is 9.16. The van der Waals surface area contributed by atoms with Crippen molar-refractivity contribution in [2.24, 2.45) is 5.41 Å². The van der Waals surface area contributed by atoms with E-state index in [0.29, 0.717) is 12.8 Å². The molecule has 1 aliphatic rings. The Kier molecular flexibility index (Phi) is 11.5. The van der Waals surface area contributed by atoms with E-state index in [2.05, 4.69) is 21.3 Å². The van der Waals surface area contributed by atoms with Gasteiger partial charge in [-0.25, -0.2) is 4.79 Å². The lowest BCUT2D eigenvalue weighted by Crippen LogP contribution is -2.56. The standard InChI is InChI=1S/C32H46N4O6/c1-31(2,3)42-30(41)35-24(17-22-14-10-7-11-15-22)26(38)20-33-19-25(37)23(16-21-12-8-6-9-13-21)34-29(40)28-32(4,5)18-27(39)36-28/h6-15,23-26,28,33,37-38H,16-20H2,1-5H3,(H,34,40)(H,35,41)(H,36,39)/t23-,24-,25+,26+,28?/m0/s1. The van der Waals surface area contributed by atoms with Crippen LogP contribution in [0.1, 0.15) is 52.2 Å². The van der Waals surface area contributed by atoms with Crippen LogP contribution in [0, 0.1) is 5.41 Å². The van der Waals surface area contributed by atoms with Gasteiger partial charge >= 0.3 is 6.09 Å². The van der Waals surface area contributed by atoms with E-state index in [1.54, 1.807) is 20.8 Å². The maximum Gasteiger partial charge on any atom is 0.407 e. The van der Waals surface area contributed by atoms with Crippen LogP contribution in [0.3, 0.4) is 0 Å². The molecular formula is C32H46N4O6. The van der Waals surface area contributed by atoms with E-state index in [4.69, 9.17) is 4.74 Å². The Morgan fingerprint density at radius 3 is 1.81 bits per heavy atom. The fourth-order valence-corrected chi connectivity index (χ4v) is 5.03. The summed E-state index contributed by atoms with van der Waals surface area (Å²) in [6.07, 6.45) is -1.64. The molecule has 3 rings (SSSR count). The van der Waals surface area contributed by atoms with Gasteiger partial charge in [-0.05, 0) is 44.7 Å². The first-order chi connectivity index (χ1) is 19.7. The maximum absolute atomic E-state index is 13.2. The van der Waals surface area contributed by atoms with E-state index in [0.717, 1.165) is 11.1 Å². The number of hydrogen-bond acceptors (Lipinski definition) is 7. The lowest BCUT2D eigenvalue weighted by Gasteiger charge is -2.30. The highest BCUT2D eigenvalue weighted by Crippen LogP contribution is 2.30. The minimum absolute atomic E-state index is 0.0692. The number of carbonyl (C=O) groups is 3. The molecule has 1 aliphatic heterocycles. The molecule has 0 radical (unpaired) electrons. The van der Waals surface area contributed by atoms with Crippen molar-refractivity contribution in [2.45, 2.75) is 89.8 Å². The SMILES string of the molecule is CC(C)(C)OC(=O)N[C@@H](Cc1ccccc1)[C@H](O)CNC[C@@H](O)[C@H](Cc1ccccc1)NC(=O)C1NC(=O)CC1(C)C. The zero-order valence-electron chi connectivity index (χ0n) is 25.2. The van der Waals surface area contributed by atoms with Gasteiger partial charge in [-0.1, -0.05) is 74.5 Å². The van der Waals surface area contributed by atoms with Crippen LogP contribution in [0.4, 0.5) is 4.79 Å². The van der Waals surface area contributed by atoms with Crippen molar-refractivity contribution in [1.82, 2.24) is 21.3 Å². The molecule has 0 spiro atoms. The van der Waals surface area contributed by atoms with Crippen molar-refractivity contribution in [1.29, 1.82) is 0 Å². The second-order valence-electron chi connectivity index (χ2n) is 12.7. The predicted octanol–water partition coefficient (Wildman–Crippen LogP) is 2.08. The molecule has 0 saturated carbocycles. The van der Waals surface area contributed by atoms with Crippen LogP contribution in [0.25, 0.3) is 0 Å². The molecule has 1 fully saturated rings. The number of alkyl carbamates (subject to hydrolysis) is 1. The lowest BCUT2D eigenvalue weighted by atomic mass is 9.84. The van der Waals surface area contributed by atoms with Crippen LogP contribution in [0.2, 0.25) is 0 Å². The van der Waals surface area contributed by atoms with Gasteiger partial charge in [-0.3, -0.25) is 9.59 Å². The van der Waals surface area contributed by atoms with Crippen molar-refractivity contribution in [3.05, 3.63) is 71.8 Å². The highest BCUT2D eigenvalue weighted by atomic mass is 16.6. The van der Waals surface area contributed by atoms with Crippen LogP contribution < -0.4 is 21.3 Å². The Labute approximate surface area is 248 Å². The number of aliphatic hydroxyl groups excluding tert-OH is 2. The summed E-state index contributed by atoms with van der Waals surface area (Å²) in [5, 5.41) is 33.8. The van der Waals surface area contributed by atoms with Crippen LogP contribution in [0.15, 0.2) is 60.7 Å². The number of aliphatic hydroxyl groups is 2. The molecule has 1 heterocycles. The van der Waals surface area contributed by atoms with Crippen molar-refractivity contribution < 1.29 is 29.3 Å². The van der Waals surface area contributed by atoms with Gasteiger partial charge in [0.25, 0.3) is 0 Å². The number of benzene rings is 2. The summed E-state index contributed by atoms with van der Waals surface area (Å²) < 4.78 is 5.40. The molecule has 0 aromatic heterocycles. The highest BCUT2D eigenvalue weighted by molar-refractivity contribution is 5.92. The molecule has 3 amide bonds. The van der Waals surface area contributed by atoms with Gasteiger partial charge in [-0.2, -0.15) is 0 Å². The van der Waals surface area contributed by atoms with Crippen molar-refractivity contribution >= 4 is 17.9 Å². The summed E-state index contributed by atoms with van der Waals surface area (Å²) in [5.74, 6) is -0.531. The first-order valence-corrected chi connectivity index (χ1v) is 14.5. The summed E-state index contributed by atoms with van der Waals surface area (Å²) >= 11 is 0. The minimum Gasteiger partial charge on any atom is -0.444 e. The zero-order chi connectivity index (χ0) is 30.9. The summed E-state index contributed by atoms with van der Waals surface area (Å²) in [5.41, 5.74) is 0.621. The first kappa shape index (κ1) is 33.0. The topological polar surface area (TPSA) is 149 Å². The summed E-state index contributed by atoms with van der Waals surface area (Å²) in [6, 6.07) is 17.0. The fraction of sp³-hybridized carbons (Fsp3) is 0.531. The van der Waals surface area contributed by atoms with Crippen LogP contribution >= 0.6 is 0 Å². The zero-order valence-corrected chi connectivity index (χ0v) is 25.2. The quantitative estimate of drug-likeness (QED) is 0.212. The second-order valence-corrected chi connectivity index (χ2v) is 12.7. The van der Waals surface area contributed by atoms with E-state index in [9.17, 15) is 24.6 Å². The third-order valence-corrected chi connectivity index (χ3v) is 7.23. The number of amides is 3. The molecule has 10 nitrogen and oxygen atoms in total. The molecule has 2 aromatic rings. The van der Waals surface area contributed by atoms with Gasteiger partial charge < -0.3 is 36.2 Å². The molecule has 230 valence electrons. The predicted molar refractivity (Wildman–Crippen MR) is 161 cm³/mol. The molecule has 42 heavy (non-hydrogen) atoms. The third-order valence-electron chi connectivity index (χ3n) is 7.23. The van der Waals surface area contributed by atoms with Crippen LogP contribution in [0.5, 0.6) is 0 Å². The Balaban J connectivity index is 1.64. The van der Waals surface area contributed by atoms with E-state index in [-0.39, 0.29) is 31.3 Å². The third kappa shape index (κ3) is 10.4. The number of hydrogen-bond donors (Lipinski definition) is 6. The smallest absolute Gasteiger partial charge is 0.407 e. The largest absolute Gasteiger partial charge is 0.444 e. The van der Waals surface area contributed by atoms with Gasteiger partial charge in [0.05, 0.1) is 24.3 Å². The van der Waals surface area contributed by atoms with Crippen molar-refractivity contribution in [3.63, 3.8) is 0 Å². The van der Waals surface area contributed by atoms with Crippen molar-refractivity contribution in [2.75, 3.05) is 13.1 Å². The normalized spacial score (nSPS) is 19.2. The van der Waals surface area contributed by atoms with Crippen molar-refractivity contribution in [3.8, 4) is 0 Å². The minimum atomic E-state index is -1.01. The van der Waals surface area contributed by atoms with Gasteiger partial charge in [0, 0.05) is 24.9 Å². The van der Waals surface area contributed by atoms with Crippen LogP contribution in [-0.2, 0) is 27.2 Å². The van der Waals surface area contributed by atoms with E-state index in [1.807, 2.05) is 74.5 Å². The van der Waals surface area contributed by atoms with E-state index < -0.39 is 47.4 Å². The molecule has 10 heteroatoms. The number of carbonyl (C=O) groups excluding carboxylic acids is 3. The maximum atomic E-state index is 13.2. The average molecular weight is 583 g/mol. The highest BCUT2D eigenvalue weighted by Gasteiger charge is 2.44. The average Bonchev–Trinajstić information content (AvgIpc) is 3.19. The monoisotopic (exact) mass is 582 g/mol.